The van der Waals surface area contributed by atoms with Gasteiger partial charge in [0, 0.05) is 27.4 Å². The van der Waals surface area contributed by atoms with Gasteiger partial charge in [-0.2, -0.15) is 10.2 Å². The van der Waals surface area contributed by atoms with E-state index in [0.717, 1.165) is 49.2 Å². The highest BCUT2D eigenvalue weighted by Gasteiger charge is 2.23. The molecule has 0 fully saturated rings. The van der Waals surface area contributed by atoms with Crippen molar-refractivity contribution in [2.24, 2.45) is 0 Å². The van der Waals surface area contributed by atoms with Crippen LogP contribution >= 0.6 is 11.3 Å². The van der Waals surface area contributed by atoms with Gasteiger partial charge < -0.3 is 4.57 Å². The zero-order chi connectivity index (χ0) is 23.4. The number of rotatable bonds is 3. The van der Waals surface area contributed by atoms with Crippen LogP contribution in [0.4, 0.5) is 0 Å². The van der Waals surface area contributed by atoms with Crippen LogP contribution in [0.5, 0.6) is 0 Å². The Hall–Kier alpha value is -4.21. The third-order valence-corrected chi connectivity index (χ3v) is 7.16. The number of nitrogens with zero attached hydrogens (tertiary/aromatic N) is 5. The van der Waals surface area contributed by atoms with Crippen molar-refractivity contribution in [3.8, 4) is 28.8 Å². The Morgan fingerprint density at radius 1 is 0.912 bits per heavy atom. The van der Waals surface area contributed by atoms with Crippen LogP contribution in [0.15, 0.2) is 72.1 Å². The van der Waals surface area contributed by atoms with Crippen LogP contribution in [0.3, 0.4) is 0 Å². The molecule has 0 aliphatic heterocycles. The zero-order valence-corrected chi connectivity index (χ0v) is 19.9. The van der Waals surface area contributed by atoms with Gasteiger partial charge in [-0.15, -0.1) is 16.4 Å². The van der Waals surface area contributed by atoms with Crippen LogP contribution in [-0.2, 0) is 0 Å². The van der Waals surface area contributed by atoms with Gasteiger partial charge in [-0.1, -0.05) is 54.1 Å². The second kappa shape index (κ2) is 7.68. The first-order valence-corrected chi connectivity index (χ1v) is 12.0. The molecular formula is C28H21N5S. The molecule has 0 saturated heterocycles. The van der Waals surface area contributed by atoms with Crippen LogP contribution in [-0.4, -0.2) is 19.3 Å². The Balaban J connectivity index is 1.69. The molecule has 0 aliphatic carbocycles. The topological polar surface area (TPSA) is 59.4 Å². The number of benzene rings is 3. The van der Waals surface area contributed by atoms with Crippen LogP contribution in [0.1, 0.15) is 22.5 Å². The normalized spacial score (nSPS) is 11.4. The fourth-order valence-electron chi connectivity index (χ4n) is 4.96. The molecule has 6 aromatic rings. The number of para-hydroxylation sites is 2. The molecule has 0 radical (unpaired) electrons. The lowest BCUT2D eigenvalue weighted by Gasteiger charge is -2.13. The molecule has 6 heteroatoms. The number of hydrogen-bond acceptors (Lipinski definition) is 4. The Morgan fingerprint density at radius 2 is 1.62 bits per heavy atom. The summed E-state index contributed by atoms with van der Waals surface area (Å²) in [6.45, 7) is 6.25. The van der Waals surface area contributed by atoms with Gasteiger partial charge in [0.25, 0.3) is 5.82 Å². The number of aryl methyl sites for hydroxylation is 3. The highest BCUT2D eigenvalue weighted by molar-refractivity contribution is 7.17. The second-order valence-corrected chi connectivity index (χ2v) is 9.41. The quantitative estimate of drug-likeness (QED) is 0.289. The van der Waals surface area contributed by atoms with E-state index in [-0.39, 0.29) is 5.82 Å². The first kappa shape index (κ1) is 20.4. The summed E-state index contributed by atoms with van der Waals surface area (Å²) < 4.78 is 4.14. The lowest BCUT2D eigenvalue weighted by Crippen LogP contribution is -2.05. The summed E-state index contributed by atoms with van der Waals surface area (Å²) in [6, 6.07) is 25.3. The van der Waals surface area contributed by atoms with E-state index in [2.05, 4.69) is 108 Å². The van der Waals surface area contributed by atoms with Crippen LogP contribution < -0.4 is 0 Å². The van der Waals surface area contributed by atoms with Gasteiger partial charge >= 0.3 is 0 Å². The van der Waals surface area contributed by atoms with Gasteiger partial charge in [-0.25, -0.2) is 4.68 Å². The maximum atomic E-state index is 9.65. The van der Waals surface area contributed by atoms with E-state index >= 15 is 0 Å². The minimum Gasteiger partial charge on any atom is -0.301 e. The highest BCUT2D eigenvalue weighted by atomic mass is 32.1. The van der Waals surface area contributed by atoms with Crippen molar-refractivity contribution in [3.05, 3.63) is 94.6 Å². The summed E-state index contributed by atoms with van der Waals surface area (Å²) in [5.74, 6) is 0.856. The maximum Gasteiger partial charge on any atom is 0.253 e. The van der Waals surface area contributed by atoms with Gasteiger partial charge in [0.1, 0.15) is 10.9 Å². The fraction of sp³-hybridized carbons (Fsp3) is 0.107. The van der Waals surface area contributed by atoms with Crippen molar-refractivity contribution >= 4 is 32.5 Å². The average Bonchev–Trinajstić information content (AvgIpc) is 3.52. The predicted molar refractivity (Wildman–Crippen MR) is 138 cm³/mol. The summed E-state index contributed by atoms with van der Waals surface area (Å²) in [5.41, 5.74) is 7.63. The van der Waals surface area contributed by atoms with Gasteiger partial charge in [0.05, 0.1) is 11.2 Å². The van der Waals surface area contributed by atoms with Crippen molar-refractivity contribution in [2.45, 2.75) is 20.8 Å². The monoisotopic (exact) mass is 459 g/mol. The molecule has 164 valence electrons. The Labute approximate surface area is 201 Å². The third kappa shape index (κ3) is 2.98. The number of aromatic nitrogens is 4. The SMILES string of the molecule is Cc1cc(C)c(-n2nc(C#N)nc2-c2csc3c2c2ccccc2n3-c2ccccc2)c(C)c1. The summed E-state index contributed by atoms with van der Waals surface area (Å²) in [4.78, 5) is 5.83. The smallest absolute Gasteiger partial charge is 0.253 e. The van der Waals surface area contributed by atoms with Crippen molar-refractivity contribution in [1.82, 2.24) is 19.3 Å². The largest absolute Gasteiger partial charge is 0.301 e. The second-order valence-electron chi connectivity index (χ2n) is 8.55. The van der Waals surface area contributed by atoms with Crippen LogP contribution in [0.25, 0.3) is 43.9 Å². The molecule has 0 amide bonds. The minimum atomic E-state index is 0.167. The lowest BCUT2D eigenvalue weighted by molar-refractivity contribution is 0.865. The standard InChI is InChI=1S/C28H21N5S/c1-17-13-18(2)26(19(3)14-17)33-27(30-24(15-29)31-33)22-16-34-28-25(22)21-11-7-8-12-23(21)32(28)20-9-5-4-6-10-20/h4-14,16H,1-3H3. The number of fused-ring (bicyclic) bond motifs is 3. The summed E-state index contributed by atoms with van der Waals surface area (Å²) in [7, 11) is 0. The van der Waals surface area contributed by atoms with E-state index in [1.807, 2.05) is 10.7 Å². The lowest BCUT2D eigenvalue weighted by atomic mass is 10.0. The molecule has 6 rings (SSSR count). The van der Waals surface area contributed by atoms with E-state index in [0.29, 0.717) is 5.82 Å². The van der Waals surface area contributed by atoms with Gasteiger partial charge in [-0.3, -0.25) is 0 Å². The molecule has 0 spiro atoms. The van der Waals surface area contributed by atoms with Gasteiger partial charge in [-0.05, 0) is 50.1 Å². The summed E-state index contributed by atoms with van der Waals surface area (Å²) >= 11 is 1.69. The first-order valence-electron chi connectivity index (χ1n) is 11.1. The summed E-state index contributed by atoms with van der Waals surface area (Å²) in [6.07, 6.45) is 0. The molecule has 0 bridgehead atoms. The highest BCUT2D eigenvalue weighted by Crippen LogP contribution is 2.42. The molecule has 3 aromatic carbocycles. The van der Waals surface area contributed by atoms with Crippen LogP contribution in [0.2, 0.25) is 0 Å². The molecule has 0 aliphatic rings. The van der Waals surface area contributed by atoms with Gasteiger partial charge in [0.15, 0.2) is 5.82 Å². The number of thiophene rings is 1. The predicted octanol–water partition coefficient (Wildman–Crippen LogP) is 6.89. The van der Waals surface area contributed by atoms with E-state index in [1.165, 1.54) is 5.56 Å². The minimum absolute atomic E-state index is 0.167. The molecule has 3 heterocycles. The maximum absolute atomic E-state index is 9.65. The van der Waals surface area contributed by atoms with E-state index in [1.54, 1.807) is 11.3 Å². The molecular weight excluding hydrogens is 438 g/mol. The fourth-order valence-corrected chi connectivity index (χ4v) is 6.06. The van der Waals surface area contributed by atoms with Gasteiger partial charge in [0.2, 0.25) is 0 Å². The number of nitriles is 1. The summed E-state index contributed by atoms with van der Waals surface area (Å²) in [5, 5.41) is 18.7. The van der Waals surface area contributed by atoms with Crippen molar-refractivity contribution in [1.29, 1.82) is 5.26 Å². The Kier molecular flexibility index (Phi) is 4.61. The van der Waals surface area contributed by atoms with Crippen molar-refractivity contribution in [2.75, 3.05) is 0 Å². The van der Waals surface area contributed by atoms with E-state index in [9.17, 15) is 5.26 Å². The average molecular weight is 460 g/mol. The van der Waals surface area contributed by atoms with E-state index in [4.69, 9.17) is 0 Å². The molecule has 0 saturated carbocycles. The van der Waals surface area contributed by atoms with E-state index < -0.39 is 0 Å². The zero-order valence-electron chi connectivity index (χ0n) is 19.1. The molecule has 34 heavy (non-hydrogen) atoms. The first-order chi connectivity index (χ1) is 16.6. The van der Waals surface area contributed by atoms with Crippen molar-refractivity contribution < 1.29 is 0 Å². The Bertz CT molecular complexity index is 1720. The van der Waals surface area contributed by atoms with Crippen molar-refractivity contribution in [3.63, 3.8) is 0 Å². The third-order valence-electron chi connectivity index (χ3n) is 6.20. The molecule has 0 N–H and O–H groups in total. The molecule has 0 unspecified atom stereocenters. The molecule has 3 aromatic heterocycles. The molecule has 0 atom stereocenters. The molecule has 5 nitrogen and oxygen atoms in total. The van der Waals surface area contributed by atoms with Crippen LogP contribution in [0, 0.1) is 32.1 Å². The Morgan fingerprint density at radius 3 is 2.35 bits per heavy atom. The number of hydrogen-bond donors (Lipinski definition) is 0.